The fourth-order valence-electron chi connectivity index (χ4n) is 2.71. The summed E-state index contributed by atoms with van der Waals surface area (Å²) in [6, 6.07) is 5.52. The first kappa shape index (κ1) is 13.8. The molecule has 0 radical (unpaired) electrons. The van der Waals surface area contributed by atoms with E-state index in [9.17, 15) is 9.50 Å². The molecule has 0 aliphatic carbocycles. The zero-order valence-corrected chi connectivity index (χ0v) is 11.4. The molecule has 0 aromatic carbocycles. The summed E-state index contributed by atoms with van der Waals surface area (Å²) in [5.41, 5.74) is 6.43. The van der Waals surface area contributed by atoms with E-state index in [1.54, 1.807) is 6.20 Å². The third-order valence-electron chi connectivity index (χ3n) is 3.87. The van der Waals surface area contributed by atoms with Gasteiger partial charge in [0.1, 0.15) is 0 Å². The molecule has 21 heavy (non-hydrogen) atoms. The zero-order chi connectivity index (χ0) is 14.9. The summed E-state index contributed by atoms with van der Waals surface area (Å²) >= 11 is 0. The molecule has 0 amide bonds. The van der Waals surface area contributed by atoms with E-state index >= 15 is 0 Å². The molecule has 3 N–H and O–H groups in total. The lowest BCUT2D eigenvalue weighted by molar-refractivity contribution is 0.184. The molecule has 2 atom stereocenters. The molecule has 2 aromatic rings. The zero-order valence-electron chi connectivity index (χ0n) is 11.4. The van der Waals surface area contributed by atoms with Gasteiger partial charge < -0.3 is 15.7 Å². The Bertz CT molecular complexity index is 609. The van der Waals surface area contributed by atoms with E-state index in [0.29, 0.717) is 24.7 Å². The number of hydrogen-bond acceptors (Lipinski definition) is 6. The Morgan fingerprint density at radius 2 is 2.10 bits per heavy atom. The van der Waals surface area contributed by atoms with E-state index in [1.807, 2.05) is 23.1 Å². The fourth-order valence-corrected chi connectivity index (χ4v) is 2.71. The molecule has 3 heterocycles. The molecular formula is C14H16FN5O. The third-order valence-corrected chi connectivity index (χ3v) is 3.87. The summed E-state index contributed by atoms with van der Waals surface area (Å²) in [6.07, 6.45) is 3.91. The number of hydrogen-bond donors (Lipinski definition) is 2. The van der Waals surface area contributed by atoms with Crippen molar-refractivity contribution in [2.24, 2.45) is 11.7 Å². The minimum absolute atomic E-state index is 0.0647. The standard InChI is InChI=1S/C14H16FN5O/c15-11-5-18-13(19-6-11)20-7-10(8-21)14(16,9-20)12-3-1-2-4-17-12/h1-6,10,21H,7-9,16H2. The molecule has 7 heteroatoms. The quantitative estimate of drug-likeness (QED) is 0.844. The number of nitrogens with zero attached hydrogens (tertiary/aromatic N) is 4. The Hall–Kier alpha value is -2.12. The smallest absolute Gasteiger partial charge is 0.225 e. The largest absolute Gasteiger partial charge is 0.396 e. The molecule has 3 rings (SSSR count). The first-order chi connectivity index (χ1) is 10.1. The van der Waals surface area contributed by atoms with Crippen LogP contribution in [0.4, 0.5) is 10.3 Å². The maximum Gasteiger partial charge on any atom is 0.225 e. The maximum atomic E-state index is 12.9. The molecule has 1 fully saturated rings. The number of anilines is 1. The van der Waals surface area contributed by atoms with Crippen molar-refractivity contribution in [3.63, 3.8) is 0 Å². The molecule has 110 valence electrons. The van der Waals surface area contributed by atoms with Gasteiger partial charge in [-0.3, -0.25) is 4.98 Å². The van der Waals surface area contributed by atoms with Crippen LogP contribution in [-0.2, 0) is 5.54 Å². The van der Waals surface area contributed by atoms with Crippen LogP contribution in [0.15, 0.2) is 36.8 Å². The van der Waals surface area contributed by atoms with Gasteiger partial charge in [-0.1, -0.05) is 6.07 Å². The number of rotatable bonds is 3. The summed E-state index contributed by atoms with van der Waals surface area (Å²) in [4.78, 5) is 14.1. The monoisotopic (exact) mass is 289 g/mol. The third kappa shape index (κ3) is 2.45. The number of pyridine rings is 1. The van der Waals surface area contributed by atoms with Gasteiger partial charge in [0.15, 0.2) is 5.82 Å². The summed E-state index contributed by atoms with van der Waals surface area (Å²) in [5, 5.41) is 9.64. The topological polar surface area (TPSA) is 88.2 Å². The van der Waals surface area contributed by atoms with Gasteiger partial charge in [-0.25, -0.2) is 14.4 Å². The van der Waals surface area contributed by atoms with E-state index in [1.165, 1.54) is 0 Å². The summed E-state index contributed by atoms with van der Waals surface area (Å²) < 4.78 is 12.9. The van der Waals surface area contributed by atoms with Gasteiger partial charge in [0.25, 0.3) is 0 Å². The van der Waals surface area contributed by atoms with Crippen molar-refractivity contribution >= 4 is 5.95 Å². The van der Waals surface area contributed by atoms with Crippen LogP contribution >= 0.6 is 0 Å². The van der Waals surface area contributed by atoms with Crippen LogP contribution in [0.5, 0.6) is 0 Å². The minimum Gasteiger partial charge on any atom is -0.396 e. The lowest BCUT2D eigenvalue weighted by atomic mass is 9.85. The van der Waals surface area contributed by atoms with Crippen molar-refractivity contribution in [2.75, 3.05) is 24.6 Å². The maximum absolute atomic E-state index is 12.9. The van der Waals surface area contributed by atoms with E-state index in [4.69, 9.17) is 5.73 Å². The Kier molecular flexibility index (Phi) is 3.52. The normalized spacial score (nSPS) is 25.3. The molecule has 0 spiro atoms. The molecule has 2 aromatic heterocycles. The molecular weight excluding hydrogens is 273 g/mol. The SMILES string of the molecule is NC1(c2ccccn2)CN(c2ncc(F)cn2)CC1CO. The lowest BCUT2D eigenvalue weighted by Crippen LogP contribution is -2.46. The Balaban J connectivity index is 1.91. The highest BCUT2D eigenvalue weighted by molar-refractivity contribution is 5.37. The molecule has 0 bridgehead atoms. The van der Waals surface area contributed by atoms with Crippen LogP contribution in [0.2, 0.25) is 0 Å². The Morgan fingerprint density at radius 3 is 2.71 bits per heavy atom. The molecule has 1 saturated heterocycles. The molecule has 2 unspecified atom stereocenters. The highest BCUT2D eigenvalue weighted by atomic mass is 19.1. The lowest BCUT2D eigenvalue weighted by Gasteiger charge is -2.28. The number of aromatic nitrogens is 3. The van der Waals surface area contributed by atoms with Gasteiger partial charge in [0, 0.05) is 31.8 Å². The van der Waals surface area contributed by atoms with Crippen LogP contribution < -0.4 is 10.6 Å². The highest BCUT2D eigenvalue weighted by Crippen LogP contribution is 2.34. The number of nitrogens with two attached hydrogens (primary N) is 1. The number of halogens is 1. The van der Waals surface area contributed by atoms with Crippen LogP contribution in [0.25, 0.3) is 0 Å². The van der Waals surface area contributed by atoms with E-state index in [-0.39, 0.29) is 12.5 Å². The van der Waals surface area contributed by atoms with Crippen molar-refractivity contribution < 1.29 is 9.50 Å². The van der Waals surface area contributed by atoms with E-state index in [2.05, 4.69) is 15.0 Å². The Morgan fingerprint density at radius 1 is 1.33 bits per heavy atom. The van der Waals surface area contributed by atoms with Gasteiger partial charge >= 0.3 is 0 Å². The second kappa shape index (κ2) is 5.34. The highest BCUT2D eigenvalue weighted by Gasteiger charge is 2.46. The molecule has 6 nitrogen and oxygen atoms in total. The average Bonchev–Trinajstić information content (AvgIpc) is 2.87. The molecule has 1 aliphatic heterocycles. The summed E-state index contributed by atoms with van der Waals surface area (Å²) in [6.45, 7) is 0.848. The van der Waals surface area contributed by atoms with Crippen molar-refractivity contribution in [3.05, 3.63) is 48.3 Å². The number of aliphatic hydroxyl groups excluding tert-OH is 1. The van der Waals surface area contributed by atoms with Crippen molar-refractivity contribution in [1.82, 2.24) is 15.0 Å². The minimum atomic E-state index is -0.784. The molecule has 1 aliphatic rings. The van der Waals surface area contributed by atoms with E-state index < -0.39 is 11.4 Å². The number of aliphatic hydroxyl groups is 1. The Labute approximate surface area is 121 Å². The van der Waals surface area contributed by atoms with Crippen LogP contribution in [0, 0.1) is 11.7 Å². The summed E-state index contributed by atoms with van der Waals surface area (Å²) in [5.74, 6) is -0.278. The van der Waals surface area contributed by atoms with E-state index in [0.717, 1.165) is 12.4 Å². The fraction of sp³-hybridized carbons (Fsp3) is 0.357. The van der Waals surface area contributed by atoms with Gasteiger partial charge in [-0.2, -0.15) is 0 Å². The average molecular weight is 289 g/mol. The van der Waals surface area contributed by atoms with Crippen molar-refractivity contribution in [1.29, 1.82) is 0 Å². The van der Waals surface area contributed by atoms with Gasteiger partial charge in [-0.15, -0.1) is 0 Å². The second-order valence-corrected chi connectivity index (χ2v) is 5.22. The predicted molar refractivity (Wildman–Crippen MR) is 74.9 cm³/mol. The van der Waals surface area contributed by atoms with Crippen LogP contribution in [0.1, 0.15) is 5.69 Å². The van der Waals surface area contributed by atoms with Gasteiger partial charge in [0.05, 0.1) is 23.6 Å². The second-order valence-electron chi connectivity index (χ2n) is 5.22. The van der Waals surface area contributed by atoms with Crippen molar-refractivity contribution in [3.8, 4) is 0 Å². The first-order valence-electron chi connectivity index (χ1n) is 6.67. The first-order valence-corrected chi connectivity index (χ1v) is 6.67. The van der Waals surface area contributed by atoms with Crippen LogP contribution in [-0.4, -0.2) is 39.8 Å². The van der Waals surface area contributed by atoms with Crippen LogP contribution in [0.3, 0.4) is 0 Å². The van der Waals surface area contributed by atoms with Gasteiger partial charge in [0.2, 0.25) is 5.95 Å². The summed E-state index contributed by atoms with van der Waals surface area (Å²) in [7, 11) is 0. The molecule has 0 saturated carbocycles. The van der Waals surface area contributed by atoms with Crippen molar-refractivity contribution in [2.45, 2.75) is 5.54 Å². The predicted octanol–water partition coefficient (Wildman–Crippen LogP) is 0.293. The van der Waals surface area contributed by atoms with Gasteiger partial charge in [-0.05, 0) is 12.1 Å².